The Kier molecular flexibility index (Phi) is 4.83. The number of para-hydroxylation sites is 1. The van der Waals surface area contributed by atoms with E-state index in [-0.39, 0.29) is 21.9 Å². The largest absolute Gasteiger partial charge is 0.496 e. The van der Waals surface area contributed by atoms with Crippen LogP contribution in [0, 0.1) is 0 Å². The Morgan fingerprint density at radius 1 is 1.04 bits per heavy atom. The minimum atomic E-state index is -4.75. The molecule has 10 heteroatoms. The first-order valence-corrected chi connectivity index (χ1v) is 9.09. The molecule has 0 saturated carbocycles. The maximum absolute atomic E-state index is 13.2. The minimum absolute atomic E-state index is 0.111. The van der Waals surface area contributed by atoms with E-state index in [0.29, 0.717) is 4.79 Å². The molecule has 0 bridgehead atoms. The summed E-state index contributed by atoms with van der Waals surface area (Å²) in [5.41, 5.74) is -1.10. The fraction of sp³-hybridized carbons (Fsp3) is 0.118. The first-order chi connectivity index (χ1) is 12.7. The van der Waals surface area contributed by atoms with Crippen molar-refractivity contribution in [3.05, 3.63) is 66.4 Å². The van der Waals surface area contributed by atoms with Gasteiger partial charge in [0.2, 0.25) is 0 Å². The lowest BCUT2D eigenvalue weighted by molar-refractivity contribution is -0.141. The summed E-state index contributed by atoms with van der Waals surface area (Å²) < 4.78 is 69.6. The van der Waals surface area contributed by atoms with Gasteiger partial charge in [0.25, 0.3) is 10.0 Å². The van der Waals surface area contributed by atoms with Crippen molar-refractivity contribution in [1.82, 2.24) is 9.89 Å². The Bertz CT molecular complexity index is 1050. The zero-order valence-electron chi connectivity index (χ0n) is 13.9. The summed E-state index contributed by atoms with van der Waals surface area (Å²) in [6, 6.07) is 14.3. The number of rotatable bonds is 5. The fourth-order valence-corrected chi connectivity index (χ4v) is 3.39. The molecule has 0 spiro atoms. The van der Waals surface area contributed by atoms with Gasteiger partial charge in [-0.2, -0.15) is 31.2 Å². The standard InChI is InChI=1S/C17H14F3N3O3S/c1-26-15-10-6-5-9-13(15)14-11-16(17(18,19)20)21-23(14)22-27(24,25)12-7-3-2-4-8-12/h2-11,22H,1H3. The summed E-state index contributed by atoms with van der Waals surface area (Å²) in [4.78, 5) is 2.54. The second-order valence-corrected chi connectivity index (χ2v) is 7.09. The molecule has 0 amide bonds. The summed E-state index contributed by atoms with van der Waals surface area (Å²) in [6.45, 7) is 0. The maximum Gasteiger partial charge on any atom is 0.435 e. The van der Waals surface area contributed by atoms with Crippen LogP contribution < -0.4 is 9.57 Å². The van der Waals surface area contributed by atoms with Crippen LogP contribution in [0.2, 0.25) is 0 Å². The van der Waals surface area contributed by atoms with E-state index in [0.717, 1.165) is 6.07 Å². The van der Waals surface area contributed by atoms with Gasteiger partial charge in [0.15, 0.2) is 5.69 Å². The number of nitrogens with one attached hydrogen (secondary N) is 1. The number of hydrogen-bond donors (Lipinski definition) is 1. The molecule has 0 aliphatic rings. The van der Waals surface area contributed by atoms with Crippen LogP contribution in [0.1, 0.15) is 5.69 Å². The average Bonchev–Trinajstić information content (AvgIpc) is 3.05. The molecule has 1 aromatic heterocycles. The van der Waals surface area contributed by atoms with Crippen molar-refractivity contribution >= 4 is 10.0 Å². The number of ether oxygens (including phenoxy) is 1. The lowest BCUT2D eigenvalue weighted by Gasteiger charge is -2.13. The number of aromatic nitrogens is 2. The summed E-state index contributed by atoms with van der Waals surface area (Å²) in [7, 11) is -2.79. The second kappa shape index (κ2) is 6.95. The van der Waals surface area contributed by atoms with Gasteiger partial charge in [-0.15, -0.1) is 5.10 Å². The molecule has 6 nitrogen and oxygen atoms in total. The molecule has 0 aliphatic carbocycles. The van der Waals surface area contributed by atoms with Crippen LogP contribution in [0.15, 0.2) is 65.6 Å². The number of alkyl halides is 3. The molecular weight excluding hydrogens is 383 g/mol. The minimum Gasteiger partial charge on any atom is -0.496 e. The molecule has 3 aromatic rings. The van der Waals surface area contributed by atoms with Gasteiger partial charge in [0.05, 0.1) is 17.7 Å². The molecule has 27 heavy (non-hydrogen) atoms. The van der Waals surface area contributed by atoms with Crippen LogP contribution in [0.5, 0.6) is 5.75 Å². The molecular formula is C17H14F3N3O3S. The van der Waals surface area contributed by atoms with E-state index >= 15 is 0 Å². The Labute approximate surface area is 153 Å². The van der Waals surface area contributed by atoms with E-state index in [1.807, 2.05) is 0 Å². The highest BCUT2D eigenvalue weighted by Crippen LogP contribution is 2.35. The van der Waals surface area contributed by atoms with Crippen LogP contribution in [-0.2, 0) is 16.2 Å². The lowest BCUT2D eigenvalue weighted by Crippen LogP contribution is -2.25. The van der Waals surface area contributed by atoms with E-state index in [9.17, 15) is 21.6 Å². The molecule has 0 fully saturated rings. The molecule has 2 aromatic carbocycles. The Balaban J connectivity index is 2.13. The van der Waals surface area contributed by atoms with Crippen molar-refractivity contribution in [2.24, 2.45) is 0 Å². The van der Waals surface area contributed by atoms with Crippen LogP contribution in [0.3, 0.4) is 0 Å². The molecule has 0 saturated heterocycles. The topological polar surface area (TPSA) is 73.2 Å². The number of sulfonamides is 1. The summed E-state index contributed by atoms with van der Waals surface area (Å²) in [5.74, 6) is 0.270. The third-order valence-corrected chi connectivity index (χ3v) is 4.95. The van der Waals surface area contributed by atoms with Crippen molar-refractivity contribution in [2.45, 2.75) is 11.1 Å². The fourth-order valence-electron chi connectivity index (χ4n) is 2.40. The number of benzene rings is 2. The quantitative estimate of drug-likeness (QED) is 0.715. The monoisotopic (exact) mass is 397 g/mol. The van der Waals surface area contributed by atoms with Gasteiger partial charge >= 0.3 is 6.18 Å². The number of hydrogen-bond acceptors (Lipinski definition) is 4. The van der Waals surface area contributed by atoms with Gasteiger partial charge in [0, 0.05) is 5.56 Å². The van der Waals surface area contributed by atoms with Crippen LogP contribution in [0.25, 0.3) is 11.3 Å². The van der Waals surface area contributed by atoms with E-state index < -0.39 is 21.9 Å². The Morgan fingerprint density at radius 3 is 2.30 bits per heavy atom. The average molecular weight is 397 g/mol. The zero-order valence-corrected chi connectivity index (χ0v) is 14.8. The second-order valence-electron chi connectivity index (χ2n) is 5.43. The first kappa shape index (κ1) is 18.8. The number of nitrogens with zero attached hydrogens (tertiary/aromatic N) is 2. The summed E-state index contributed by atoms with van der Waals surface area (Å²) in [6.07, 6.45) is -4.75. The van der Waals surface area contributed by atoms with Crippen LogP contribution in [0.4, 0.5) is 13.2 Å². The van der Waals surface area contributed by atoms with Crippen molar-refractivity contribution in [3.63, 3.8) is 0 Å². The van der Waals surface area contributed by atoms with Crippen LogP contribution >= 0.6 is 0 Å². The van der Waals surface area contributed by atoms with Crippen molar-refractivity contribution < 1.29 is 26.3 Å². The van der Waals surface area contributed by atoms with Crippen LogP contribution in [-0.4, -0.2) is 25.4 Å². The molecule has 1 N–H and O–H groups in total. The third kappa shape index (κ3) is 3.90. The van der Waals surface area contributed by atoms with Gasteiger partial charge in [-0.05, 0) is 30.3 Å². The van der Waals surface area contributed by atoms with Gasteiger partial charge < -0.3 is 4.74 Å². The molecule has 1 heterocycles. The Hall–Kier alpha value is -3.01. The normalized spacial score (nSPS) is 12.0. The molecule has 142 valence electrons. The number of methoxy groups -OCH3 is 1. The molecule has 0 radical (unpaired) electrons. The summed E-state index contributed by atoms with van der Waals surface area (Å²) in [5, 5.41) is 3.39. The van der Waals surface area contributed by atoms with Gasteiger partial charge in [-0.3, -0.25) is 0 Å². The van der Waals surface area contributed by atoms with Gasteiger partial charge in [0.1, 0.15) is 5.75 Å². The molecule has 0 aliphatic heterocycles. The first-order valence-electron chi connectivity index (χ1n) is 7.61. The SMILES string of the molecule is COc1ccccc1-c1cc(C(F)(F)F)nn1NS(=O)(=O)c1ccccc1. The van der Waals surface area contributed by atoms with Crippen molar-refractivity contribution in [3.8, 4) is 17.0 Å². The van der Waals surface area contributed by atoms with E-state index in [4.69, 9.17) is 4.74 Å². The Morgan fingerprint density at radius 2 is 1.67 bits per heavy atom. The number of halogens is 3. The highest BCUT2D eigenvalue weighted by Gasteiger charge is 2.36. The van der Waals surface area contributed by atoms with E-state index in [2.05, 4.69) is 9.93 Å². The zero-order chi connectivity index (χ0) is 19.7. The maximum atomic E-state index is 13.2. The highest BCUT2D eigenvalue weighted by atomic mass is 32.2. The van der Waals surface area contributed by atoms with Gasteiger partial charge in [-0.1, -0.05) is 30.3 Å². The molecule has 0 unspecified atom stereocenters. The lowest BCUT2D eigenvalue weighted by atomic mass is 10.1. The van der Waals surface area contributed by atoms with E-state index in [1.54, 1.807) is 24.3 Å². The third-order valence-electron chi connectivity index (χ3n) is 3.64. The smallest absolute Gasteiger partial charge is 0.435 e. The predicted octanol–water partition coefficient (Wildman–Crippen LogP) is 3.51. The molecule has 0 atom stereocenters. The predicted molar refractivity (Wildman–Crippen MR) is 92.2 cm³/mol. The van der Waals surface area contributed by atoms with E-state index in [1.165, 1.54) is 37.4 Å². The van der Waals surface area contributed by atoms with Crippen molar-refractivity contribution in [2.75, 3.05) is 11.9 Å². The van der Waals surface area contributed by atoms with Gasteiger partial charge in [-0.25, -0.2) is 0 Å². The highest BCUT2D eigenvalue weighted by molar-refractivity contribution is 7.92. The van der Waals surface area contributed by atoms with Crippen molar-refractivity contribution in [1.29, 1.82) is 0 Å². The molecule has 3 rings (SSSR count). The summed E-state index contributed by atoms with van der Waals surface area (Å²) >= 11 is 0.